The fraction of sp³-hybridized carbons (Fsp3) is 0. The number of benzene rings is 5. The average Bonchev–Trinajstić information content (AvgIpc) is 3.66. The first-order valence-corrected chi connectivity index (χ1v) is 13.0. The molecule has 0 bridgehead atoms. The highest BCUT2D eigenvalue weighted by molar-refractivity contribution is 6.14. The van der Waals surface area contributed by atoms with Crippen LogP contribution in [-0.4, -0.2) is 0 Å². The minimum atomic E-state index is -0.0779. The van der Waals surface area contributed by atoms with Crippen LogP contribution in [0.1, 0.15) is 0 Å². The van der Waals surface area contributed by atoms with Gasteiger partial charge in [-0.25, -0.2) is 0 Å². The van der Waals surface area contributed by atoms with E-state index in [9.17, 15) is 4.79 Å². The Morgan fingerprint density at radius 2 is 1.20 bits per heavy atom. The van der Waals surface area contributed by atoms with Gasteiger partial charge in [-0.15, -0.1) is 0 Å². The molecule has 0 atom stereocenters. The van der Waals surface area contributed by atoms with Gasteiger partial charge in [-0.1, -0.05) is 48.5 Å². The number of furan rings is 2. The van der Waals surface area contributed by atoms with Gasteiger partial charge in [0, 0.05) is 27.7 Å². The number of fused-ring (bicyclic) bond motifs is 5. The highest BCUT2D eigenvalue weighted by Crippen LogP contribution is 2.45. The second kappa shape index (κ2) is 8.75. The summed E-state index contributed by atoms with van der Waals surface area (Å²) in [6.45, 7) is 0. The minimum absolute atomic E-state index is 0.0779. The number of para-hydroxylation sites is 3. The SMILES string of the molecule is O=c1c2ccccc2oc2cc3c(cc12)oc1c(N(c2ccccc2)c2ccccc2)cc(-c2ccco2)cc13. The maximum absolute atomic E-state index is 13.4. The van der Waals surface area contributed by atoms with Crippen molar-refractivity contribution in [3.05, 3.63) is 138 Å². The molecule has 0 saturated carbocycles. The summed E-state index contributed by atoms with van der Waals surface area (Å²) in [6.07, 6.45) is 1.67. The molecule has 0 saturated heterocycles. The van der Waals surface area contributed by atoms with Gasteiger partial charge in [0.05, 0.1) is 22.7 Å². The molecule has 3 heterocycles. The Bertz CT molecular complexity index is 2190. The van der Waals surface area contributed by atoms with Crippen LogP contribution in [0, 0.1) is 0 Å². The van der Waals surface area contributed by atoms with Crippen LogP contribution in [0.2, 0.25) is 0 Å². The molecule has 0 radical (unpaired) electrons. The first kappa shape index (κ1) is 22.4. The highest BCUT2D eigenvalue weighted by atomic mass is 16.3. The lowest BCUT2D eigenvalue weighted by Gasteiger charge is -2.25. The van der Waals surface area contributed by atoms with Crippen molar-refractivity contribution in [2.45, 2.75) is 0 Å². The molecular weight excluding hydrogens is 498 g/mol. The van der Waals surface area contributed by atoms with Crippen molar-refractivity contribution in [2.75, 3.05) is 4.90 Å². The Labute approximate surface area is 228 Å². The van der Waals surface area contributed by atoms with E-state index < -0.39 is 0 Å². The zero-order chi connectivity index (χ0) is 26.6. The van der Waals surface area contributed by atoms with E-state index in [0.717, 1.165) is 39.2 Å². The normalized spacial score (nSPS) is 11.6. The summed E-state index contributed by atoms with van der Waals surface area (Å²) >= 11 is 0. The van der Waals surface area contributed by atoms with Gasteiger partial charge in [-0.2, -0.15) is 0 Å². The quantitative estimate of drug-likeness (QED) is 0.217. The first-order chi connectivity index (χ1) is 19.7. The van der Waals surface area contributed by atoms with Crippen LogP contribution < -0.4 is 10.3 Å². The van der Waals surface area contributed by atoms with E-state index in [0.29, 0.717) is 33.1 Å². The lowest BCUT2D eigenvalue weighted by molar-refractivity contribution is 0.582. The molecule has 0 fully saturated rings. The van der Waals surface area contributed by atoms with E-state index in [1.54, 1.807) is 18.4 Å². The maximum atomic E-state index is 13.4. The number of rotatable bonds is 4. The fourth-order valence-electron chi connectivity index (χ4n) is 5.49. The van der Waals surface area contributed by atoms with Crippen LogP contribution in [0.5, 0.6) is 0 Å². The van der Waals surface area contributed by atoms with Crippen LogP contribution in [0.4, 0.5) is 17.1 Å². The van der Waals surface area contributed by atoms with Gasteiger partial charge in [0.1, 0.15) is 22.5 Å². The predicted octanol–water partition coefficient (Wildman–Crippen LogP) is 9.58. The molecule has 0 aliphatic carbocycles. The number of nitrogens with zero attached hydrogens (tertiary/aromatic N) is 1. The summed E-state index contributed by atoms with van der Waals surface area (Å²) in [6, 6.07) is 39.4. The van der Waals surface area contributed by atoms with Crippen molar-refractivity contribution >= 4 is 60.9 Å². The molecule has 8 aromatic rings. The van der Waals surface area contributed by atoms with Gasteiger partial charge in [0.15, 0.2) is 5.58 Å². The van der Waals surface area contributed by atoms with Gasteiger partial charge in [-0.05, 0) is 72.8 Å². The van der Waals surface area contributed by atoms with E-state index in [4.69, 9.17) is 13.3 Å². The molecule has 190 valence electrons. The first-order valence-electron chi connectivity index (χ1n) is 13.0. The van der Waals surface area contributed by atoms with Gasteiger partial charge in [-0.3, -0.25) is 4.79 Å². The molecule has 0 N–H and O–H groups in total. The number of hydrogen-bond donors (Lipinski definition) is 0. The third kappa shape index (κ3) is 3.45. The van der Waals surface area contributed by atoms with Gasteiger partial charge in [0.2, 0.25) is 5.43 Å². The topological polar surface area (TPSA) is 59.7 Å². The van der Waals surface area contributed by atoms with E-state index in [2.05, 4.69) is 41.3 Å². The Morgan fingerprint density at radius 3 is 1.93 bits per heavy atom. The summed E-state index contributed by atoms with van der Waals surface area (Å²) in [4.78, 5) is 15.6. The van der Waals surface area contributed by atoms with Crippen LogP contribution in [0.15, 0.2) is 146 Å². The molecule has 8 rings (SSSR count). The Hall–Kier alpha value is -5.55. The van der Waals surface area contributed by atoms with Crippen LogP contribution in [0.3, 0.4) is 0 Å². The third-order valence-corrected chi connectivity index (χ3v) is 7.32. The van der Waals surface area contributed by atoms with E-state index >= 15 is 0 Å². The summed E-state index contributed by atoms with van der Waals surface area (Å²) in [5, 5.41) is 2.79. The largest absolute Gasteiger partial charge is 0.464 e. The van der Waals surface area contributed by atoms with Crippen LogP contribution in [0.25, 0.3) is 55.2 Å². The molecule has 0 unspecified atom stereocenters. The molecule has 5 heteroatoms. The molecule has 0 spiro atoms. The molecular formula is C35H21NO4. The zero-order valence-corrected chi connectivity index (χ0v) is 21.2. The van der Waals surface area contributed by atoms with Gasteiger partial charge >= 0.3 is 0 Å². The minimum Gasteiger partial charge on any atom is -0.464 e. The molecule has 0 aliphatic rings. The standard InChI is InChI=1S/C35H21NO4/c37-34-25-14-7-8-15-31(25)39-33-20-26-27-18-22(30-16-9-17-38-30)19-29(35(27)40-32(26)21-28(33)34)36(23-10-3-1-4-11-23)24-12-5-2-6-13-24/h1-21H. The fourth-order valence-corrected chi connectivity index (χ4v) is 5.49. The van der Waals surface area contributed by atoms with Gasteiger partial charge in [0.25, 0.3) is 0 Å². The summed E-state index contributed by atoms with van der Waals surface area (Å²) in [5.41, 5.74) is 6.05. The number of hydrogen-bond acceptors (Lipinski definition) is 5. The van der Waals surface area contributed by atoms with E-state index in [1.807, 2.05) is 72.8 Å². The average molecular weight is 520 g/mol. The van der Waals surface area contributed by atoms with Gasteiger partial charge < -0.3 is 18.2 Å². The van der Waals surface area contributed by atoms with Crippen LogP contribution in [-0.2, 0) is 0 Å². The van der Waals surface area contributed by atoms with E-state index in [1.165, 1.54) is 0 Å². The zero-order valence-electron chi connectivity index (χ0n) is 21.2. The van der Waals surface area contributed by atoms with Crippen molar-refractivity contribution in [2.24, 2.45) is 0 Å². The van der Waals surface area contributed by atoms with E-state index in [-0.39, 0.29) is 5.43 Å². The van der Waals surface area contributed by atoms with Crippen molar-refractivity contribution in [1.29, 1.82) is 0 Å². The van der Waals surface area contributed by atoms with Crippen molar-refractivity contribution in [1.82, 2.24) is 0 Å². The molecule has 40 heavy (non-hydrogen) atoms. The molecule has 3 aromatic heterocycles. The predicted molar refractivity (Wildman–Crippen MR) is 160 cm³/mol. The van der Waals surface area contributed by atoms with Crippen molar-refractivity contribution in [3.8, 4) is 11.3 Å². The lowest BCUT2D eigenvalue weighted by Crippen LogP contribution is -2.10. The Kier molecular flexibility index (Phi) is 4.91. The molecule has 0 amide bonds. The highest BCUT2D eigenvalue weighted by Gasteiger charge is 2.22. The summed E-state index contributed by atoms with van der Waals surface area (Å²) < 4.78 is 18.6. The Balaban J connectivity index is 1.49. The maximum Gasteiger partial charge on any atom is 0.200 e. The molecule has 5 aromatic carbocycles. The van der Waals surface area contributed by atoms with Crippen LogP contribution >= 0.6 is 0 Å². The molecule has 5 nitrogen and oxygen atoms in total. The molecule has 0 aliphatic heterocycles. The Morgan fingerprint density at radius 1 is 0.525 bits per heavy atom. The second-order valence-corrected chi connectivity index (χ2v) is 9.73. The lowest BCUT2D eigenvalue weighted by atomic mass is 10.0. The number of anilines is 3. The van der Waals surface area contributed by atoms with Crippen molar-refractivity contribution < 1.29 is 13.3 Å². The second-order valence-electron chi connectivity index (χ2n) is 9.73. The third-order valence-electron chi connectivity index (χ3n) is 7.32. The summed E-state index contributed by atoms with van der Waals surface area (Å²) in [5.74, 6) is 0.747. The van der Waals surface area contributed by atoms with Crippen molar-refractivity contribution in [3.63, 3.8) is 0 Å². The smallest absolute Gasteiger partial charge is 0.200 e. The summed E-state index contributed by atoms with van der Waals surface area (Å²) in [7, 11) is 0. The monoisotopic (exact) mass is 519 g/mol.